The Balaban J connectivity index is 1.79. The zero-order valence-electron chi connectivity index (χ0n) is 18.9. The molecule has 0 spiro atoms. The van der Waals surface area contributed by atoms with Crippen molar-refractivity contribution < 1.29 is 9.18 Å². The van der Waals surface area contributed by atoms with Gasteiger partial charge < -0.3 is 10.2 Å². The molecule has 1 amide bonds. The van der Waals surface area contributed by atoms with Crippen LogP contribution in [0, 0.1) is 5.82 Å². The summed E-state index contributed by atoms with van der Waals surface area (Å²) < 4.78 is 14.7. The van der Waals surface area contributed by atoms with Crippen molar-refractivity contribution in [1.82, 2.24) is 15.0 Å². The molecule has 1 aliphatic heterocycles. The number of carbonyl (C=O) groups excluding carboxylic acids is 1. The zero-order valence-corrected chi connectivity index (χ0v) is 18.9. The van der Waals surface area contributed by atoms with Gasteiger partial charge in [-0.05, 0) is 38.8 Å². The second-order valence-corrected chi connectivity index (χ2v) is 9.04. The number of pyridine rings is 1. The summed E-state index contributed by atoms with van der Waals surface area (Å²) >= 11 is 0. The molecule has 1 fully saturated rings. The Morgan fingerprint density at radius 3 is 2.44 bits per heavy atom. The van der Waals surface area contributed by atoms with Gasteiger partial charge in [0.2, 0.25) is 0 Å². The number of hydrogen-bond donors (Lipinski definition) is 1. The van der Waals surface area contributed by atoms with Crippen LogP contribution in [0.15, 0.2) is 48.9 Å². The average Bonchev–Trinajstić information content (AvgIpc) is 3.13. The summed E-state index contributed by atoms with van der Waals surface area (Å²) in [5.74, 6) is 0.771. The molecule has 3 heterocycles. The lowest BCUT2D eigenvalue weighted by Gasteiger charge is -2.34. The highest BCUT2D eigenvalue weighted by Gasteiger charge is 2.35. The summed E-state index contributed by atoms with van der Waals surface area (Å²) in [6.07, 6.45) is 6.75. The molecule has 1 aliphatic rings. The highest BCUT2D eigenvalue weighted by Crippen LogP contribution is 2.41. The fourth-order valence-corrected chi connectivity index (χ4v) is 4.12. The van der Waals surface area contributed by atoms with E-state index in [1.807, 2.05) is 13.8 Å². The standard InChI is InChI=1S/C25H28FN5O/c1-16(2)22-28-14-17(15-29-22)24(32)30-21-19(18-8-5-6-9-20(18)26)10-12-27-23(21)31-13-7-11-25(31,3)4/h5-6,8-10,12,14-16H,7,11,13H2,1-4H3,(H,30,32). The number of halogens is 1. The van der Waals surface area contributed by atoms with Gasteiger partial charge in [0.1, 0.15) is 11.6 Å². The molecule has 4 rings (SSSR count). The smallest absolute Gasteiger partial charge is 0.258 e. The molecular formula is C25H28FN5O. The lowest BCUT2D eigenvalue weighted by molar-refractivity contribution is 0.102. The van der Waals surface area contributed by atoms with Crippen LogP contribution >= 0.6 is 0 Å². The summed E-state index contributed by atoms with van der Waals surface area (Å²) in [4.78, 5) is 28.6. The van der Waals surface area contributed by atoms with Gasteiger partial charge in [-0.2, -0.15) is 0 Å². The topological polar surface area (TPSA) is 71.0 Å². The second-order valence-electron chi connectivity index (χ2n) is 9.04. The lowest BCUT2D eigenvalue weighted by atomic mass is 10.0. The largest absolute Gasteiger partial charge is 0.350 e. The van der Waals surface area contributed by atoms with Gasteiger partial charge in [0.15, 0.2) is 5.82 Å². The van der Waals surface area contributed by atoms with Gasteiger partial charge in [-0.15, -0.1) is 0 Å². The molecule has 0 radical (unpaired) electrons. The molecule has 6 nitrogen and oxygen atoms in total. The molecule has 2 aromatic heterocycles. The molecule has 1 saturated heterocycles. The first-order valence-electron chi connectivity index (χ1n) is 10.9. The van der Waals surface area contributed by atoms with Crippen LogP contribution in [0.3, 0.4) is 0 Å². The molecule has 32 heavy (non-hydrogen) atoms. The zero-order chi connectivity index (χ0) is 22.9. The minimum absolute atomic E-state index is 0.123. The van der Waals surface area contributed by atoms with Gasteiger partial charge in [-0.25, -0.2) is 19.3 Å². The fourth-order valence-electron chi connectivity index (χ4n) is 4.12. The summed E-state index contributed by atoms with van der Waals surface area (Å²) in [7, 11) is 0. The van der Waals surface area contributed by atoms with Crippen LogP contribution < -0.4 is 10.2 Å². The maximum atomic E-state index is 14.7. The third kappa shape index (κ3) is 4.20. The Labute approximate surface area is 187 Å². The maximum absolute atomic E-state index is 14.7. The summed E-state index contributed by atoms with van der Waals surface area (Å²) in [6.45, 7) is 9.11. The second kappa shape index (κ2) is 8.65. The van der Waals surface area contributed by atoms with E-state index in [4.69, 9.17) is 0 Å². The number of benzene rings is 1. The molecule has 7 heteroatoms. The van der Waals surface area contributed by atoms with Gasteiger partial charge in [-0.1, -0.05) is 32.0 Å². The molecule has 0 aliphatic carbocycles. The van der Waals surface area contributed by atoms with E-state index in [1.54, 1.807) is 30.5 Å². The molecule has 1 N–H and O–H groups in total. The molecule has 0 saturated carbocycles. The molecule has 166 valence electrons. The fraction of sp³-hybridized carbons (Fsp3) is 0.360. The van der Waals surface area contributed by atoms with Crippen LogP contribution in [0.25, 0.3) is 11.1 Å². The van der Waals surface area contributed by atoms with E-state index in [0.717, 1.165) is 19.4 Å². The first kappa shape index (κ1) is 21.9. The van der Waals surface area contributed by atoms with Gasteiger partial charge in [0, 0.05) is 47.7 Å². The average molecular weight is 434 g/mol. The van der Waals surface area contributed by atoms with Crippen LogP contribution in [-0.2, 0) is 0 Å². The number of rotatable bonds is 5. The molecule has 0 atom stereocenters. The molecule has 1 aromatic carbocycles. The quantitative estimate of drug-likeness (QED) is 0.581. The van der Waals surface area contributed by atoms with Gasteiger partial charge in [0.05, 0.1) is 11.3 Å². The highest BCUT2D eigenvalue weighted by molar-refractivity contribution is 6.08. The SMILES string of the molecule is CC(C)c1ncc(C(=O)Nc2c(-c3ccccc3F)ccnc2N2CCCC2(C)C)cn1. The minimum Gasteiger partial charge on any atom is -0.350 e. The van der Waals surface area contributed by atoms with Crippen LogP contribution in [-0.4, -0.2) is 32.9 Å². The number of amides is 1. The highest BCUT2D eigenvalue weighted by atomic mass is 19.1. The Bertz CT molecular complexity index is 1130. The van der Waals surface area contributed by atoms with Crippen molar-refractivity contribution in [3.63, 3.8) is 0 Å². The first-order chi connectivity index (χ1) is 15.3. The Kier molecular flexibility index (Phi) is 5.91. The number of anilines is 2. The van der Waals surface area contributed by atoms with Crippen molar-refractivity contribution in [3.05, 3.63) is 66.1 Å². The van der Waals surface area contributed by atoms with Crippen LogP contribution in [0.5, 0.6) is 0 Å². The van der Waals surface area contributed by atoms with Crippen LogP contribution in [0.2, 0.25) is 0 Å². The maximum Gasteiger partial charge on any atom is 0.258 e. The summed E-state index contributed by atoms with van der Waals surface area (Å²) in [5, 5.41) is 2.99. The molecular weight excluding hydrogens is 405 g/mol. The van der Waals surface area contributed by atoms with Crippen molar-refractivity contribution in [1.29, 1.82) is 0 Å². The van der Waals surface area contributed by atoms with Crippen molar-refractivity contribution in [2.75, 3.05) is 16.8 Å². The monoisotopic (exact) mass is 433 g/mol. The molecule has 0 unspecified atom stereocenters. The van der Waals surface area contributed by atoms with Crippen molar-refractivity contribution in [2.24, 2.45) is 0 Å². The van der Waals surface area contributed by atoms with Crippen molar-refractivity contribution in [2.45, 2.75) is 52.0 Å². The summed E-state index contributed by atoms with van der Waals surface area (Å²) in [5.41, 5.74) is 1.70. The normalized spacial score (nSPS) is 15.2. The number of aromatic nitrogens is 3. The molecule has 0 bridgehead atoms. The van der Waals surface area contributed by atoms with Crippen molar-refractivity contribution in [3.8, 4) is 11.1 Å². The van der Waals surface area contributed by atoms with Crippen molar-refractivity contribution >= 4 is 17.4 Å². The Hall–Kier alpha value is -3.35. The predicted octanol–water partition coefficient (Wildman–Crippen LogP) is 5.43. The number of nitrogens with one attached hydrogen (secondary N) is 1. The van der Waals surface area contributed by atoms with Gasteiger partial charge >= 0.3 is 0 Å². The number of hydrogen-bond acceptors (Lipinski definition) is 5. The third-order valence-electron chi connectivity index (χ3n) is 5.94. The Morgan fingerprint density at radius 1 is 1.09 bits per heavy atom. The van der Waals surface area contributed by atoms with Gasteiger partial charge in [-0.3, -0.25) is 4.79 Å². The van der Waals surface area contributed by atoms with E-state index in [9.17, 15) is 9.18 Å². The summed E-state index contributed by atoms with van der Waals surface area (Å²) in [6, 6.07) is 8.29. The van der Waals surface area contributed by atoms with E-state index in [2.05, 4.69) is 39.0 Å². The van der Waals surface area contributed by atoms with E-state index in [-0.39, 0.29) is 23.2 Å². The van der Waals surface area contributed by atoms with Crippen LogP contribution in [0.1, 0.15) is 62.6 Å². The van der Waals surface area contributed by atoms with Gasteiger partial charge in [0.25, 0.3) is 5.91 Å². The van der Waals surface area contributed by atoms with E-state index >= 15 is 0 Å². The number of carbonyl (C=O) groups is 1. The predicted molar refractivity (Wildman–Crippen MR) is 124 cm³/mol. The van der Waals surface area contributed by atoms with E-state index in [1.165, 1.54) is 18.5 Å². The van der Waals surface area contributed by atoms with E-state index < -0.39 is 0 Å². The molecule has 3 aromatic rings. The lowest BCUT2D eigenvalue weighted by Crippen LogP contribution is -2.39. The minimum atomic E-state index is -0.357. The van der Waals surface area contributed by atoms with E-state index in [0.29, 0.717) is 34.0 Å². The third-order valence-corrected chi connectivity index (χ3v) is 5.94. The van der Waals surface area contributed by atoms with Crippen LogP contribution in [0.4, 0.5) is 15.9 Å². The number of nitrogens with zero attached hydrogens (tertiary/aromatic N) is 4. The Morgan fingerprint density at radius 2 is 1.81 bits per heavy atom. The first-order valence-corrected chi connectivity index (χ1v) is 10.9.